The van der Waals surface area contributed by atoms with Gasteiger partial charge in [0, 0.05) is 0 Å². The molecular weight excluding hydrogens is 286 g/mol. The van der Waals surface area contributed by atoms with Crippen LogP contribution in [0.1, 0.15) is 36.3 Å². The second-order valence-electron chi connectivity index (χ2n) is 5.88. The number of rotatable bonds is 3. The number of aryl methyl sites for hydroxylation is 2. The first-order chi connectivity index (χ1) is 11.0. The minimum Gasteiger partial charge on any atom is -0.321 e. The van der Waals surface area contributed by atoms with Gasteiger partial charge in [-0.25, -0.2) is 4.98 Å². The van der Waals surface area contributed by atoms with E-state index in [1.165, 1.54) is 0 Å². The van der Waals surface area contributed by atoms with Gasteiger partial charge in [0.2, 0.25) is 0 Å². The van der Waals surface area contributed by atoms with Crippen LogP contribution >= 0.6 is 0 Å². The Morgan fingerprint density at radius 2 is 1.78 bits per heavy atom. The van der Waals surface area contributed by atoms with Crippen molar-refractivity contribution in [3.8, 4) is 5.69 Å². The Morgan fingerprint density at radius 3 is 2.48 bits per heavy atom. The lowest BCUT2D eigenvalue weighted by atomic mass is 10.1. The van der Waals surface area contributed by atoms with Gasteiger partial charge < -0.3 is 5.73 Å². The third-order valence-electron chi connectivity index (χ3n) is 4.26. The van der Waals surface area contributed by atoms with Gasteiger partial charge in [-0.1, -0.05) is 37.3 Å². The molecule has 0 radical (unpaired) electrons. The molecule has 3 aromatic rings. The average molecular weight is 307 g/mol. The Labute approximate surface area is 135 Å². The molecule has 0 bridgehead atoms. The number of hydrogen-bond donors (Lipinski definition) is 1. The summed E-state index contributed by atoms with van der Waals surface area (Å²) in [6, 6.07) is 13.3. The van der Waals surface area contributed by atoms with E-state index >= 15 is 0 Å². The third-order valence-corrected chi connectivity index (χ3v) is 4.26. The number of aromatic nitrogens is 2. The summed E-state index contributed by atoms with van der Waals surface area (Å²) >= 11 is 0. The zero-order valence-electron chi connectivity index (χ0n) is 13.7. The summed E-state index contributed by atoms with van der Waals surface area (Å²) < 4.78 is 1.68. The normalized spacial score (nSPS) is 12.5. The Bertz CT molecular complexity index is 928. The van der Waals surface area contributed by atoms with E-state index < -0.39 is 0 Å². The van der Waals surface area contributed by atoms with Crippen molar-refractivity contribution >= 4 is 10.9 Å². The fourth-order valence-corrected chi connectivity index (χ4v) is 2.89. The lowest BCUT2D eigenvalue weighted by Crippen LogP contribution is -2.29. The molecule has 0 amide bonds. The minimum atomic E-state index is -0.285. The fourth-order valence-electron chi connectivity index (χ4n) is 2.89. The summed E-state index contributed by atoms with van der Waals surface area (Å²) in [5.41, 5.74) is 9.70. The number of benzene rings is 2. The predicted molar refractivity (Wildman–Crippen MR) is 94.0 cm³/mol. The van der Waals surface area contributed by atoms with E-state index in [0.29, 0.717) is 16.7 Å². The molecule has 0 aliphatic heterocycles. The highest BCUT2D eigenvalue weighted by Crippen LogP contribution is 2.21. The second-order valence-corrected chi connectivity index (χ2v) is 5.88. The van der Waals surface area contributed by atoms with Gasteiger partial charge in [-0.2, -0.15) is 0 Å². The van der Waals surface area contributed by atoms with Crippen molar-refractivity contribution in [3.63, 3.8) is 0 Å². The van der Waals surface area contributed by atoms with E-state index in [2.05, 4.69) is 0 Å². The lowest BCUT2D eigenvalue weighted by Gasteiger charge is -2.19. The maximum absolute atomic E-state index is 13.2. The Kier molecular flexibility index (Phi) is 4.01. The van der Waals surface area contributed by atoms with Gasteiger partial charge in [-0.3, -0.25) is 9.36 Å². The fraction of sp³-hybridized carbons (Fsp3) is 0.263. The first kappa shape index (κ1) is 15.4. The molecule has 2 N–H and O–H groups in total. The first-order valence-corrected chi connectivity index (χ1v) is 7.88. The molecule has 0 aliphatic rings. The average Bonchev–Trinajstić information content (AvgIpc) is 2.55. The molecule has 0 saturated heterocycles. The van der Waals surface area contributed by atoms with Crippen LogP contribution in [-0.2, 0) is 0 Å². The van der Waals surface area contributed by atoms with Crippen molar-refractivity contribution in [3.05, 3.63) is 69.8 Å². The van der Waals surface area contributed by atoms with Crippen molar-refractivity contribution in [2.45, 2.75) is 33.2 Å². The summed E-state index contributed by atoms with van der Waals surface area (Å²) in [4.78, 5) is 17.9. The summed E-state index contributed by atoms with van der Waals surface area (Å²) in [6.45, 7) is 5.93. The van der Waals surface area contributed by atoms with Gasteiger partial charge in [-0.15, -0.1) is 0 Å². The van der Waals surface area contributed by atoms with Gasteiger partial charge >= 0.3 is 0 Å². The molecule has 0 spiro atoms. The molecule has 1 aromatic heterocycles. The van der Waals surface area contributed by atoms with Gasteiger partial charge in [0.05, 0.1) is 22.6 Å². The summed E-state index contributed by atoms with van der Waals surface area (Å²) in [5, 5.41) is 0.655. The van der Waals surface area contributed by atoms with Crippen LogP contribution in [0.2, 0.25) is 0 Å². The third kappa shape index (κ3) is 2.55. The Morgan fingerprint density at radius 1 is 1.09 bits per heavy atom. The van der Waals surface area contributed by atoms with E-state index in [1.54, 1.807) is 4.57 Å². The second kappa shape index (κ2) is 5.97. The zero-order chi connectivity index (χ0) is 16.6. The zero-order valence-corrected chi connectivity index (χ0v) is 13.7. The molecule has 118 valence electrons. The van der Waals surface area contributed by atoms with Crippen LogP contribution in [0.3, 0.4) is 0 Å². The SMILES string of the molecule is CC[C@H](N)c1nc2cccc(C)c2c(=O)n1-c1ccccc1C. The van der Waals surface area contributed by atoms with Crippen LogP contribution in [0.5, 0.6) is 0 Å². The van der Waals surface area contributed by atoms with Crippen molar-refractivity contribution in [1.82, 2.24) is 9.55 Å². The van der Waals surface area contributed by atoms with Crippen LogP contribution < -0.4 is 11.3 Å². The largest absolute Gasteiger partial charge is 0.321 e. The quantitative estimate of drug-likeness (QED) is 0.806. The van der Waals surface area contributed by atoms with Gasteiger partial charge in [0.25, 0.3) is 5.56 Å². The predicted octanol–water partition coefficient (Wildman–Crippen LogP) is 3.41. The van der Waals surface area contributed by atoms with Crippen molar-refractivity contribution in [1.29, 1.82) is 0 Å². The molecule has 4 nitrogen and oxygen atoms in total. The molecule has 0 fully saturated rings. The molecule has 2 aromatic carbocycles. The highest BCUT2D eigenvalue weighted by molar-refractivity contribution is 5.81. The van der Waals surface area contributed by atoms with Crippen LogP contribution in [0.25, 0.3) is 16.6 Å². The van der Waals surface area contributed by atoms with E-state index in [1.807, 2.05) is 63.2 Å². The number of para-hydroxylation sites is 1. The number of hydrogen-bond acceptors (Lipinski definition) is 3. The number of fused-ring (bicyclic) bond motifs is 1. The number of nitrogens with zero attached hydrogens (tertiary/aromatic N) is 2. The number of nitrogens with two attached hydrogens (primary N) is 1. The minimum absolute atomic E-state index is 0.0544. The monoisotopic (exact) mass is 307 g/mol. The van der Waals surface area contributed by atoms with Crippen molar-refractivity contribution in [2.24, 2.45) is 5.73 Å². The van der Waals surface area contributed by atoms with Crippen molar-refractivity contribution in [2.75, 3.05) is 0 Å². The van der Waals surface area contributed by atoms with Crippen LogP contribution in [0.4, 0.5) is 0 Å². The highest BCUT2D eigenvalue weighted by Gasteiger charge is 2.18. The molecule has 1 atom stereocenters. The molecule has 23 heavy (non-hydrogen) atoms. The van der Waals surface area contributed by atoms with Gasteiger partial charge in [0.15, 0.2) is 0 Å². The highest BCUT2D eigenvalue weighted by atomic mass is 16.1. The molecule has 4 heteroatoms. The summed E-state index contributed by atoms with van der Waals surface area (Å²) in [5.74, 6) is 0.616. The van der Waals surface area contributed by atoms with Crippen molar-refractivity contribution < 1.29 is 0 Å². The first-order valence-electron chi connectivity index (χ1n) is 7.88. The van der Waals surface area contributed by atoms with Gasteiger partial charge in [-0.05, 0) is 43.5 Å². The standard InChI is InChI=1S/C19H21N3O/c1-4-14(20)18-21-15-10-7-9-13(3)17(15)19(23)22(18)16-11-6-5-8-12(16)2/h5-11,14H,4,20H2,1-3H3/t14-/m0/s1. The summed E-state index contributed by atoms with van der Waals surface area (Å²) in [7, 11) is 0. The van der Waals surface area contributed by atoms with E-state index in [0.717, 1.165) is 23.2 Å². The van der Waals surface area contributed by atoms with Crippen LogP contribution in [0.15, 0.2) is 47.3 Å². The Hall–Kier alpha value is -2.46. The molecule has 0 saturated carbocycles. The maximum atomic E-state index is 13.2. The maximum Gasteiger partial charge on any atom is 0.266 e. The van der Waals surface area contributed by atoms with Gasteiger partial charge in [0.1, 0.15) is 5.82 Å². The molecule has 1 heterocycles. The molecular formula is C19H21N3O. The Balaban J connectivity index is 2.48. The van der Waals surface area contributed by atoms with E-state index in [-0.39, 0.29) is 11.6 Å². The molecule has 0 unspecified atom stereocenters. The smallest absolute Gasteiger partial charge is 0.266 e. The lowest BCUT2D eigenvalue weighted by molar-refractivity contribution is 0.622. The van der Waals surface area contributed by atoms with Crippen LogP contribution in [-0.4, -0.2) is 9.55 Å². The molecule has 3 rings (SSSR count). The van der Waals surface area contributed by atoms with E-state index in [9.17, 15) is 4.79 Å². The van der Waals surface area contributed by atoms with Crippen LogP contribution in [0, 0.1) is 13.8 Å². The van der Waals surface area contributed by atoms with E-state index in [4.69, 9.17) is 10.7 Å². The topological polar surface area (TPSA) is 60.9 Å². The molecule has 0 aliphatic carbocycles. The summed E-state index contributed by atoms with van der Waals surface area (Å²) in [6.07, 6.45) is 0.718.